The van der Waals surface area contributed by atoms with Crippen molar-refractivity contribution in [2.24, 2.45) is 0 Å². The highest BCUT2D eigenvalue weighted by Crippen LogP contribution is 2.48. The molecule has 0 spiro atoms. The summed E-state index contributed by atoms with van der Waals surface area (Å²) < 4.78 is 49.7. The van der Waals surface area contributed by atoms with Crippen molar-refractivity contribution in [3.63, 3.8) is 0 Å². The van der Waals surface area contributed by atoms with Gasteiger partial charge in [0.2, 0.25) is 0 Å². The molecule has 1 aromatic heterocycles. The normalized spacial score (nSPS) is 12.9. The number of para-hydroxylation sites is 1. The molecule has 1 nitrogen and oxygen atoms in total. The van der Waals surface area contributed by atoms with Crippen LogP contribution in [-0.4, -0.2) is 0 Å². The number of fused-ring (bicyclic) bond motifs is 5. The van der Waals surface area contributed by atoms with Crippen molar-refractivity contribution in [3.05, 3.63) is 194 Å². The second-order valence-electron chi connectivity index (χ2n) is 12.8. The topological polar surface area (TPSA) is 13.1 Å². The van der Waals surface area contributed by atoms with Crippen LogP contribution in [0.1, 0.15) is 6.85 Å². The number of hydrogen-bond donors (Lipinski definition) is 0. The molecule has 0 aliphatic carbocycles. The van der Waals surface area contributed by atoms with E-state index in [2.05, 4.69) is 109 Å². The Morgan fingerprint density at radius 2 is 0.863 bits per heavy atom. The Kier molecular flexibility index (Phi) is 5.76. The van der Waals surface area contributed by atoms with E-state index in [0.717, 1.165) is 88.0 Å². The molecule has 9 aromatic carbocycles. The summed E-state index contributed by atoms with van der Waals surface area (Å²) in [6, 6.07) is 54.6. The van der Waals surface area contributed by atoms with E-state index in [1.54, 1.807) is 0 Å². The van der Waals surface area contributed by atoms with Gasteiger partial charge in [0, 0.05) is 16.3 Å². The van der Waals surface area contributed by atoms with Crippen molar-refractivity contribution < 1.29 is 11.3 Å². The van der Waals surface area contributed by atoms with Gasteiger partial charge in [-0.05, 0) is 95.9 Å². The fourth-order valence-electron chi connectivity index (χ4n) is 7.84. The molecule has 1 heteroatoms. The minimum absolute atomic E-state index is 0.198. The number of furan rings is 1. The van der Waals surface area contributed by atoms with Crippen LogP contribution in [0.4, 0.5) is 0 Å². The summed E-state index contributed by atoms with van der Waals surface area (Å²) in [4.78, 5) is 0. The summed E-state index contributed by atoms with van der Waals surface area (Å²) in [7, 11) is 0. The van der Waals surface area contributed by atoms with E-state index in [9.17, 15) is 0 Å². The van der Waals surface area contributed by atoms with Crippen molar-refractivity contribution >= 4 is 43.5 Å². The van der Waals surface area contributed by atoms with Crippen molar-refractivity contribution in [2.75, 3.05) is 0 Å². The van der Waals surface area contributed by atoms with Crippen LogP contribution in [0.3, 0.4) is 0 Å². The Labute approximate surface area is 303 Å². The lowest BCUT2D eigenvalue weighted by Gasteiger charge is -2.19. The van der Waals surface area contributed by atoms with Crippen LogP contribution in [0.2, 0.25) is 0 Å². The van der Waals surface area contributed by atoms with Crippen LogP contribution >= 0.6 is 0 Å². The quantitative estimate of drug-likeness (QED) is 0.169. The van der Waals surface area contributed by atoms with E-state index < -0.39 is 6.04 Å². The summed E-state index contributed by atoms with van der Waals surface area (Å²) in [5.41, 5.74) is 11.0. The zero-order valence-electron chi connectivity index (χ0n) is 32.5. The van der Waals surface area contributed by atoms with E-state index in [1.165, 1.54) is 0 Å². The molecule has 0 bridgehead atoms. The van der Waals surface area contributed by atoms with Crippen LogP contribution in [0, 0.1) is 0 Å². The summed E-state index contributed by atoms with van der Waals surface area (Å²) in [5.74, 6) is 0. The number of benzene rings is 9. The first kappa shape index (κ1) is 24.4. The third kappa shape index (κ3) is 4.78. The maximum Gasteiger partial charge on any atom is 0.136 e. The number of hydrogen-bond acceptors (Lipinski definition) is 1. The van der Waals surface area contributed by atoms with Crippen molar-refractivity contribution in [2.45, 2.75) is 0 Å². The van der Waals surface area contributed by atoms with Gasteiger partial charge in [-0.3, -0.25) is 0 Å². The largest absolute Gasteiger partial charge is 0.456 e. The van der Waals surface area contributed by atoms with E-state index in [1.807, 2.05) is 54.6 Å². The van der Waals surface area contributed by atoms with Crippen LogP contribution in [0.5, 0.6) is 0 Å². The maximum absolute atomic E-state index is 8.96. The van der Waals surface area contributed by atoms with Crippen LogP contribution in [0.15, 0.2) is 198 Å². The highest BCUT2D eigenvalue weighted by molar-refractivity contribution is 6.22. The molecule has 0 saturated heterocycles. The Morgan fingerprint density at radius 1 is 0.333 bits per heavy atom. The van der Waals surface area contributed by atoms with Crippen LogP contribution < -0.4 is 0 Å². The van der Waals surface area contributed by atoms with Gasteiger partial charge in [0.1, 0.15) is 11.2 Å². The predicted molar refractivity (Wildman–Crippen MR) is 216 cm³/mol. The Bertz CT molecular complexity index is 3110. The smallest absolute Gasteiger partial charge is 0.136 e. The molecule has 0 atom stereocenters. The maximum atomic E-state index is 8.96. The molecule has 0 N–H and O–H groups in total. The SMILES string of the molecule is [2H]c1c([2H])c([2H])c(-c2c3ccccc3c(-c3cccc(-c4c(-c5ccccc5-c5ccccc5)ccc5oc6ccccc6c45)c3)c3ccccc23)c([2H])c1[2H]. The van der Waals surface area contributed by atoms with Gasteiger partial charge < -0.3 is 4.42 Å². The molecule has 0 aliphatic heterocycles. The highest BCUT2D eigenvalue weighted by Gasteiger charge is 2.21. The van der Waals surface area contributed by atoms with E-state index in [0.29, 0.717) is 5.56 Å². The van der Waals surface area contributed by atoms with E-state index in [4.69, 9.17) is 11.3 Å². The minimum Gasteiger partial charge on any atom is -0.456 e. The average molecular weight is 654 g/mol. The first-order chi connectivity index (χ1) is 27.4. The fourth-order valence-corrected chi connectivity index (χ4v) is 7.84. The molecule has 0 radical (unpaired) electrons. The lowest BCUT2D eigenvalue weighted by atomic mass is 9.84. The summed E-state index contributed by atoms with van der Waals surface area (Å²) >= 11 is 0. The predicted octanol–water partition coefficient (Wildman–Crippen LogP) is 14.2. The van der Waals surface area contributed by atoms with Crippen molar-refractivity contribution in [1.29, 1.82) is 0 Å². The molecule has 10 aromatic rings. The molecule has 0 unspecified atom stereocenters. The first-order valence-corrected chi connectivity index (χ1v) is 17.1. The van der Waals surface area contributed by atoms with E-state index in [-0.39, 0.29) is 29.7 Å². The Balaban J connectivity index is 1.28. The van der Waals surface area contributed by atoms with Gasteiger partial charge >= 0.3 is 0 Å². The zero-order chi connectivity index (χ0) is 38.1. The molecule has 0 saturated carbocycles. The molecule has 238 valence electrons. The molecular weight excluding hydrogens is 617 g/mol. The summed E-state index contributed by atoms with van der Waals surface area (Å²) in [6.45, 7) is 0. The van der Waals surface area contributed by atoms with Gasteiger partial charge in [-0.25, -0.2) is 0 Å². The fraction of sp³-hybridized carbons (Fsp3) is 0. The van der Waals surface area contributed by atoms with Crippen molar-refractivity contribution in [1.82, 2.24) is 0 Å². The molecule has 10 rings (SSSR count). The molecule has 1 heterocycles. The monoisotopic (exact) mass is 653 g/mol. The van der Waals surface area contributed by atoms with Gasteiger partial charge in [0.05, 0.1) is 6.85 Å². The highest BCUT2D eigenvalue weighted by atomic mass is 16.3. The molecule has 51 heavy (non-hydrogen) atoms. The zero-order valence-corrected chi connectivity index (χ0v) is 27.5. The summed E-state index contributed by atoms with van der Waals surface area (Å²) in [5, 5.41) is 5.56. The molecule has 0 aliphatic rings. The van der Waals surface area contributed by atoms with E-state index >= 15 is 0 Å². The van der Waals surface area contributed by atoms with Crippen LogP contribution in [-0.2, 0) is 0 Å². The minimum atomic E-state index is -0.406. The second kappa shape index (κ2) is 12.0. The molecule has 0 amide bonds. The molecular formula is C50H32O. The van der Waals surface area contributed by atoms with Gasteiger partial charge in [-0.1, -0.05) is 170 Å². The van der Waals surface area contributed by atoms with Gasteiger partial charge in [-0.15, -0.1) is 0 Å². The van der Waals surface area contributed by atoms with Gasteiger partial charge in [-0.2, -0.15) is 0 Å². The summed E-state index contributed by atoms with van der Waals surface area (Å²) in [6.07, 6.45) is 0. The lowest BCUT2D eigenvalue weighted by Crippen LogP contribution is -1.92. The Hall–Kier alpha value is -6.70. The first-order valence-electron chi connectivity index (χ1n) is 19.6. The standard InChI is InChI=1S/C50H32O/c1-3-16-33(17-4-1)37-22-7-8-23-38(37)43-30-31-46-50(44-28-13-14-29-45(44)51-46)49(43)36-21-15-20-35(32-36)48-41-26-11-9-24-39(41)47(34-18-5-2-6-19-34)40-25-10-12-27-42(40)48/h1-32H/i2D,5D,6D,18D,19D. The molecule has 0 fully saturated rings. The second-order valence-corrected chi connectivity index (χ2v) is 12.8. The third-order valence-corrected chi connectivity index (χ3v) is 9.97. The average Bonchev–Trinajstić information content (AvgIpc) is 3.63. The third-order valence-electron chi connectivity index (χ3n) is 9.97. The van der Waals surface area contributed by atoms with Gasteiger partial charge in [0.25, 0.3) is 0 Å². The van der Waals surface area contributed by atoms with Crippen LogP contribution in [0.25, 0.3) is 99.1 Å². The van der Waals surface area contributed by atoms with Crippen molar-refractivity contribution in [3.8, 4) is 55.6 Å². The van der Waals surface area contributed by atoms with Gasteiger partial charge in [0.15, 0.2) is 0 Å². The Morgan fingerprint density at radius 3 is 1.55 bits per heavy atom. The number of rotatable bonds is 5. The lowest BCUT2D eigenvalue weighted by molar-refractivity contribution is 0.669.